The van der Waals surface area contributed by atoms with Crippen LogP contribution in [0.15, 0.2) is 29.3 Å². The highest BCUT2D eigenvalue weighted by atomic mass is 16.6. The number of rotatable bonds is 5. The Morgan fingerprint density at radius 2 is 1.93 bits per heavy atom. The Kier molecular flexibility index (Phi) is 4.59. The number of hydrogen-bond acceptors (Lipinski definition) is 4. The van der Waals surface area contributed by atoms with Gasteiger partial charge < -0.3 is 15.3 Å². The summed E-state index contributed by atoms with van der Waals surface area (Å²) in [5, 5.41) is 0. The van der Waals surface area contributed by atoms with Crippen LogP contribution in [0, 0.1) is 0 Å². The minimum absolute atomic E-state index is 0.361. The van der Waals surface area contributed by atoms with Crippen LogP contribution in [0.4, 0.5) is 0 Å². The van der Waals surface area contributed by atoms with Gasteiger partial charge in [-0.15, -0.1) is 0 Å². The largest absolute Gasteiger partial charge is 0.491 e. The van der Waals surface area contributed by atoms with Crippen molar-refractivity contribution >= 4 is 5.84 Å². The van der Waals surface area contributed by atoms with E-state index >= 15 is 0 Å². The molecule has 0 radical (unpaired) electrons. The second-order valence-electron chi connectivity index (χ2n) is 2.85. The molecule has 0 saturated carbocycles. The summed E-state index contributed by atoms with van der Waals surface area (Å²) in [7, 11) is 1.65. The first-order valence-electron chi connectivity index (χ1n) is 4.55. The number of nitrogens with two attached hydrogens (primary N) is 2. The quantitative estimate of drug-likeness (QED) is 0.316. The fourth-order valence-corrected chi connectivity index (χ4v) is 1.06. The molecule has 1 aromatic carbocycles. The lowest BCUT2D eigenvalue weighted by molar-refractivity contribution is 0.102. The van der Waals surface area contributed by atoms with E-state index in [0.29, 0.717) is 19.0 Å². The Bertz CT molecular complexity index is 322. The Labute approximate surface area is 88.6 Å². The van der Waals surface area contributed by atoms with Crippen LogP contribution in [0.5, 0.6) is 5.75 Å². The number of amidine groups is 1. The van der Waals surface area contributed by atoms with Crippen molar-refractivity contribution in [1.82, 2.24) is 0 Å². The number of aliphatic imine (C=N–C) groups is 1. The normalized spacial score (nSPS) is 11.5. The van der Waals surface area contributed by atoms with Crippen molar-refractivity contribution in [2.75, 3.05) is 20.3 Å². The molecule has 1 rings (SSSR count). The highest BCUT2D eigenvalue weighted by molar-refractivity contribution is 5.97. The topological polar surface area (TPSA) is 82.9 Å². The van der Waals surface area contributed by atoms with Crippen LogP contribution in [-0.2, 0) is 4.84 Å². The molecule has 0 aliphatic carbocycles. The average Bonchev–Trinajstić information content (AvgIpc) is 2.29. The molecule has 0 saturated heterocycles. The molecule has 15 heavy (non-hydrogen) atoms. The van der Waals surface area contributed by atoms with Crippen molar-refractivity contribution in [2.45, 2.75) is 0 Å². The van der Waals surface area contributed by atoms with Crippen LogP contribution in [0.25, 0.3) is 0 Å². The molecule has 0 unspecified atom stereocenters. The zero-order valence-electron chi connectivity index (χ0n) is 8.64. The zero-order chi connectivity index (χ0) is 11.1. The molecule has 0 aromatic heterocycles. The molecule has 0 aliphatic rings. The van der Waals surface area contributed by atoms with Crippen LogP contribution in [-0.4, -0.2) is 26.1 Å². The third-order valence-electron chi connectivity index (χ3n) is 1.86. The molecular weight excluding hydrogens is 194 g/mol. The molecular formula is C10H15N3O2. The lowest BCUT2D eigenvalue weighted by Gasteiger charge is -2.05. The Hall–Kier alpha value is -1.59. The van der Waals surface area contributed by atoms with Gasteiger partial charge in [-0.1, -0.05) is 0 Å². The maximum atomic E-state index is 5.64. The molecule has 82 valence electrons. The molecule has 4 N–H and O–H groups in total. The van der Waals surface area contributed by atoms with Gasteiger partial charge in [0.05, 0.1) is 0 Å². The maximum absolute atomic E-state index is 5.64. The van der Waals surface area contributed by atoms with E-state index in [2.05, 4.69) is 9.83 Å². The molecule has 0 spiro atoms. The summed E-state index contributed by atoms with van der Waals surface area (Å²) in [4.78, 5) is 8.26. The van der Waals surface area contributed by atoms with Crippen LogP contribution >= 0.6 is 0 Å². The summed E-state index contributed by atoms with van der Waals surface area (Å²) in [6.07, 6.45) is 0. The molecule has 5 heteroatoms. The van der Waals surface area contributed by atoms with Crippen LogP contribution in [0.2, 0.25) is 0 Å². The molecule has 0 aliphatic heterocycles. The first-order chi connectivity index (χ1) is 7.27. The lowest BCUT2D eigenvalue weighted by Crippen LogP contribution is -2.13. The standard InChI is InChI=1S/C10H15N3O2/c1-13-10(11)8-2-4-9(5-3-8)14-6-7-15-12/h2-5H,6-7,12H2,1H3,(H2,11,13). The van der Waals surface area contributed by atoms with E-state index in [1.807, 2.05) is 24.3 Å². The second-order valence-corrected chi connectivity index (χ2v) is 2.85. The summed E-state index contributed by atoms with van der Waals surface area (Å²) in [6.45, 7) is 0.785. The number of hydrogen-bond donors (Lipinski definition) is 2. The summed E-state index contributed by atoms with van der Waals surface area (Å²) in [5.74, 6) is 6.12. The average molecular weight is 209 g/mol. The van der Waals surface area contributed by atoms with E-state index in [9.17, 15) is 0 Å². The van der Waals surface area contributed by atoms with Gasteiger partial charge in [-0.25, -0.2) is 5.90 Å². The van der Waals surface area contributed by atoms with Crippen molar-refractivity contribution in [3.8, 4) is 5.75 Å². The summed E-state index contributed by atoms with van der Waals surface area (Å²) >= 11 is 0. The number of ether oxygens (including phenoxy) is 1. The SMILES string of the molecule is CN=C(N)c1ccc(OCCON)cc1. The van der Waals surface area contributed by atoms with E-state index in [1.165, 1.54) is 0 Å². The third kappa shape index (κ3) is 3.57. The maximum Gasteiger partial charge on any atom is 0.125 e. The van der Waals surface area contributed by atoms with Crippen molar-refractivity contribution < 1.29 is 9.57 Å². The van der Waals surface area contributed by atoms with Gasteiger partial charge >= 0.3 is 0 Å². The van der Waals surface area contributed by atoms with Gasteiger partial charge in [0.25, 0.3) is 0 Å². The Morgan fingerprint density at radius 3 is 2.47 bits per heavy atom. The first-order valence-corrected chi connectivity index (χ1v) is 4.55. The van der Waals surface area contributed by atoms with Crippen molar-refractivity contribution in [3.05, 3.63) is 29.8 Å². The Morgan fingerprint density at radius 1 is 1.27 bits per heavy atom. The summed E-state index contributed by atoms with van der Waals surface area (Å²) < 4.78 is 5.33. The fraction of sp³-hybridized carbons (Fsp3) is 0.300. The highest BCUT2D eigenvalue weighted by Crippen LogP contribution is 2.11. The van der Waals surface area contributed by atoms with Crippen molar-refractivity contribution in [3.63, 3.8) is 0 Å². The van der Waals surface area contributed by atoms with E-state index in [0.717, 1.165) is 11.3 Å². The number of benzene rings is 1. The first kappa shape index (κ1) is 11.5. The summed E-state index contributed by atoms with van der Waals surface area (Å²) in [5.41, 5.74) is 6.51. The van der Waals surface area contributed by atoms with Gasteiger partial charge in [0.2, 0.25) is 0 Å². The minimum atomic E-state index is 0.361. The van der Waals surface area contributed by atoms with E-state index in [1.54, 1.807) is 7.05 Å². The molecule has 0 fully saturated rings. The van der Waals surface area contributed by atoms with E-state index < -0.39 is 0 Å². The van der Waals surface area contributed by atoms with Gasteiger partial charge in [0, 0.05) is 12.6 Å². The third-order valence-corrected chi connectivity index (χ3v) is 1.86. The molecule has 5 nitrogen and oxygen atoms in total. The molecule has 0 amide bonds. The monoisotopic (exact) mass is 209 g/mol. The van der Waals surface area contributed by atoms with Crippen LogP contribution in [0.3, 0.4) is 0 Å². The van der Waals surface area contributed by atoms with E-state index in [-0.39, 0.29) is 0 Å². The second kappa shape index (κ2) is 6.00. The predicted molar refractivity (Wildman–Crippen MR) is 58.7 cm³/mol. The zero-order valence-corrected chi connectivity index (χ0v) is 8.64. The number of nitrogens with zero attached hydrogens (tertiary/aromatic N) is 1. The van der Waals surface area contributed by atoms with Gasteiger partial charge in [-0.2, -0.15) is 0 Å². The molecule has 1 aromatic rings. The summed E-state index contributed by atoms with van der Waals surface area (Å²) in [6, 6.07) is 7.34. The van der Waals surface area contributed by atoms with Crippen molar-refractivity contribution in [1.29, 1.82) is 0 Å². The van der Waals surface area contributed by atoms with Crippen LogP contribution < -0.4 is 16.4 Å². The Balaban J connectivity index is 2.56. The molecule has 0 atom stereocenters. The smallest absolute Gasteiger partial charge is 0.125 e. The van der Waals surface area contributed by atoms with Gasteiger partial charge in [0.15, 0.2) is 0 Å². The van der Waals surface area contributed by atoms with Gasteiger partial charge in [0.1, 0.15) is 24.8 Å². The van der Waals surface area contributed by atoms with Crippen molar-refractivity contribution in [2.24, 2.45) is 16.6 Å². The highest BCUT2D eigenvalue weighted by Gasteiger charge is 1.98. The molecule has 0 heterocycles. The van der Waals surface area contributed by atoms with E-state index in [4.69, 9.17) is 16.4 Å². The van der Waals surface area contributed by atoms with Gasteiger partial charge in [-0.3, -0.25) is 4.99 Å². The minimum Gasteiger partial charge on any atom is -0.491 e. The predicted octanol–water partition coefficient (Wildman–Crippen LogP) is 0.291. The molecule has 0 bridgehead atoms. The fourth-order valence-electron chi connectivity index (χ4n) is 1.06. The van der Waals surface area contributed by atoms with Gasteiger partial charge in [-0.05, 0) is 24.3 Å². The lowest BCUT2D eigenvalue weighted by atomic mass is 10.2. The van der Waals surface area contributed by atoms with Crippen LogP contribution in [0.1, 0.15) is 5.56 Å².